The molecule has 1 N–H and O–H groups in total. The van der Waals surface area contributed by atoms with Crippen LogP contribution in [0.3, 0.4) is 0 Å². The molecule has 0 aliphatic carbocycles. The molecule has 0 radical (unpaired) electrons. The topological polar surface area (TPSA) is 73.4 Å². The molecule has 6 nitrogen and oxygen atoms in total. The lowest BCUT2D eigenvalue weighted by Gasteiger charge is -2.38. The van der Waals surface area contributed by atoms with E-state index in [9.17, 15) is 9.59 Å². The molecule has 0 bridgehead atoms. The number of amides is 1. The van der Waals surface area contributed by atoms with E-state index >= 15 is 0 Å². The van der Waals surface area contributed by atoms with Gasteiger partial charge in [0.25, 0.3) is 0 Å². The summed E-state index contributed by atoms with van der Waals surface area (Å²) >= 11 is 0. The van der Waals surface area contributed by atoms with Crippen LogP contribution in [0.25, 0.3) is 0 Å². The summed E-state index contributed by atoms with van der Waals surface area (Å²) in [5.74, 6) is -0.744. The van der Waals surface area contributed by atoms with E-state index in [1.807, 2.05) is 17.1 Å². The minimum Gasteiger partial charge on any atom is -0.478 e. The molecule has 0 spiro atoms. The average molecular weight is 318 g/mol. The van der Waals surface area contributed by atoms with Crippen molar-refractivity contribution in [3.05, 3.63) is 35.4 Å². The van der Waals surface area contributed by atoms with Crippen molar-refractivity contribution in [2.24, 2.45) is 0 Å². The third-order valence-corrected chi connectivity index (χ3v) is 4.36. The lowest BCUT2D eigenvalue weighted by atomic mass is 10.1. The number of aromatic carboxylic acids is 1. The molecule has 1 aromatic carbocycles. The molecule has 1 unspecified atom stereocenters. The van der Waals surface area contributed by atoms with Crippen LogP contribution in [0, 0.1) is 0 Å². The Labute approximate surface area is 135 Å². The Morgan fingerprint density at radius 3 is 2.65 bits per heavy atom. The summed E-state index contributed by atoms with van der Waals surface area (Å²) in [6.07, 6.45) is 3.58. The summed E-state index contributed by atoms with van der Waals surface area (Å²) < 4.78 is 5.24. The molecule has 124 valence electrons. The molecule has 2 heterocycles. The number of carbonyl (C=O) groups is 2. The van der Waals surface area contributed by atoms with Crippen molar-refractivity contribution in [3.8, 4) is 0 Å². The van der Waals surface area contributed by atoms with Crippen LogP contribution in [-0.2, 0) is 16.0 Å². The third kappa shape index (κ3) is 4.30. The van der Waals surface area contributed by atoms with Crippen LogP contribution in [0.4, 0.5) is 0 Å². The molecule has 0 saturated carbocycles. The Hall–Kier alpha value is -1.92. The zero-order valence-electron chi connectivity index (χ0n) is 13.1. The number of carboxylic acids is 1. The molecule has 2 aliphatic heterocycles. The van der Waals surface area contributed by atoms with Crippen molar-refractivity contribution >= 4 is 11.9 Å². The minimum absolute atomic E-state index is 0.176. The number of carboxylic acid groups (broad SMARTS) is 1. The number of ether oxygens (including phenoxy) is 1. The number of hydrazine groups is 1. The van der Waals surface area contributed by atoms with Gasteiger partial charge in [0.2, 0.25) is 5.91 Å². The van der Waals surface area contributed by atoms with Crippen LogP contribution in [-0.4, -0.2) is 59.3 Å². The van der Waals surface area contributed by atoms with E-state index in [0.717, 1.165) is 44.5 Å². The van der Waals surface area contributed by atoms with Gasteiger partial charge in [0.05, 0.1) is 18.3 Å². The summed E-state index contributed by atoms with van der Waals surface area (Å²) in [5, 5.41) is 12.9. The Kier molecular flexibility index (Phi) is 4.93. The smallest absolute Gasteiger partial charge is 0.335 e. The van der Waals surface area contributed by atoms with Crippen LogP contribution in [0.5, 0.6) is 0 Å². The zero-order valence-corrected chi connectivity index (χ0v) is 13.1. The first-order valence-electron chi connectivity index (χ1n) is 8.12. The van der Waals surface area contributed by atoms with Gasteiger partial charge in [0, 0.05) is 26.1 Å². The average Bonchev–Trinajstić information content (AvgIpc) is 3.36. The van der Waals surface area contributed by atoms with E-state index in [-0.39, 0.29) is 11.5 Å². The molecular formula is C17H22N2O4. The third-order valence-electron chi connectivity index (χ3n) is 4.36. The van der Waals surface area contributed by atoms with E-state index < -0.39 is 5.97 Å². The number of rotatable bonds is 7. The summed E-state index contributed by atoms with van der Waals surface area (Å²) in [7, 11) is 0. The largest absolute Gasteiger partial charge is 0.478 e. The zero-order chi connectivity index (χ0) is 16.2. The second kappa shape index (κ2) is 7.10. The van der Waals surface area contributed by atoms with Gasteiger partial charge < -0.3 is 9.84 Å². The monoisotopic (exact) mass is 318 g/mol. The molecule has 2 fully saturated rings. The van der Waals surface area contributed by atoms with E-state index in [1.165, 1.54) is 0 Å². The van der Waals surface area contributed by atoms with Crippen LogP contribution in [0.15, 0.2) is 24.3 Å². The summed E-state index contributed by atoms with van der Waals surface area (Å²) in [6.45, 7) is 3.25. The second-order valence-electron chi connectivity index (χ2n) is 6.07. The fourth-order valence-electron chi connectivity index (χ4n) is 2.90. The highest BCUT2D eigenvalue weighted by Gasteiger charge is 2.28. The second-order valence-corrected chi connectivity index (χ2v) is 6.07. The summed E-state index contributed by atoms with van der Waals surface area (Å²) in [5.41, 5.74) is 1.33. The number of benzene rings is 1. The van der Waals surface area contributed by atoms with Crippen LogP contribution in [0.2, 0.25) is 0 Å². The maximum Gasteiger partial charge on any atom is 0.335 e. The van der Waals surface area contributed by atoms with Gasteiger partial charge in [0.1, 0.15) is 0 Å². The van der Waals surface area contributed by atoms with Crippen molar-refractivity contribution in [3.63, 3.8) is 0 Å². The van der Waals surface area contributed by atoms with Crippen molar-refractivity contribution in [2.45, 2.75) is 31.8 Å². The standard InChI is InChI=1S/C17H22N2O4/c20-16-2-1-9-18(10-8-15-12-23-15)19(16)11-7-13-3-5-14(6-4-13)17(21)22/h3-6,15H,1-2,7-12H2,(H,21,22). The Bertz CT molecular complexity index is 568. The summed E-state index contributed by atoms with van der Waals surface area (Å²) in [4.78, 5) is 23.1. The number of hydrogen-bond donors (Lipinski definition) is 1. The highest BCUT2D eigenvalue weighted by Crippen LogP contribution is 2.18. The van der Waals surface area contributed by atoms with Crippen LogP contribution in [0.1, 0.15) is 35.2 Å². The highest BCUT2D eigenvalue weighted by molar-refractivity contribution is 5.87. The first-order chi connectivity index (χ1) is 11.1. The molecule has 1 atom stereocenters. The van der Waals surface area contributed by atoms with Crippen molar-refractivity contribution in [1.29, 1.82) is 0 Å². The van der Waals surface area contributed by atoms with Gasteiger partial charge in [-0.3, -0.25) is 9.80 Å². The number of epoxide rings is 1. The molecule has 0 aromatic heterocycles. The summed E-state index contributed by atoms with van der Waals surface area (Å²) in [6, 6.07) is 6.86. The maximum atomic E-state index is 12.2. The molecule has 23 heavy (non-hydrogen) atoms. The van der Waals surface area contributed by atoms with Gasteiger partial charge in [-0.15, -0.1) is 0 Å². The number of nitrogens with zero attached hydrogens (tertiary/aromatic N) is 2. The minimum atomic E-state index is -0.920. The van der Waals surface area contributed by atoms with Crippen molar-refractivity contribution in [1.82, 2.24) is 10.0 Å². The predicted molar refractivity (Wildman–Crippen MR) is 84.0 cm³/mol. The highest BCUT2D eigenvalue weighted by atomic mass is 16.6. The molecule has 2 saturated heterocycles. The lowest BCUT2D eigenvalue weighted by molar-refractivity contribution is -0.155. The number of carbonyl (C=O) groups excluding carboxylic acids is 1. The van der Waals surface area contributed by atoms with Gasteiger partial charge in [-0.1, -0.05) is 12.1 Å². The normalized spacial score (nSPS) is 21.5. The van der Waals surface area contributed by atoms with Gasteiger partial charge in [-0.05, 0) is 37.0 Å². The van der Waals surface area contributed by atoms with E-state index in [2.05, 4.69) is 5.01 Å². The van der Waals surface area contributed by atoms with Gasteiger partial charge in [-0.25, -0.2) is 9.80 Å². The number of hydrogen-bond acceptors (Lipinski definition) is 4. The molecular weight excluding hydrogens is 296 g/mol. The molecule has 1 aromatic rings. The Balaban J connectivity index is 1.56. The quantitative estimate of drug-likeness (QED) is 0.772. The Morgan fingerprint density at radius 2 is 2.00 bits per heavy atom. The predicted octanol–water partition coefficient (Wildman–Crippen LogP) is 1.56. The van der Waals surface area contributed by atoms with Gasteiger partial charge in [0.15, 0.2) is 0 Å². The first kappa shape index (κ1) is 16.0. The first-order valence-corrected chi connectivity index (χ1v) is 8.12. The lowest BCUT2D eigenvalue weighted by Crippen LogP contribution is -2.51. The SMILES string of the molecule is O=C(O)c1ccc(CCN2C(=O)CCCN2CCC2CO2)cc1. The fraction of sp³-hybridized carbons (Fsp3) is 0.529. The molecule has 2 aliphatic rings. The van der Waals surface area contributed by atoms with Crippen LogP contribution < -0.4 is 0 Å². The van der Waals surface area contributed by atoms with E-state index in [1.54, 1.807) is 12.1 Å². The van der Waals surface area contributed by atoms with Crippen molar-refractivity contribution in [2.75, 3.05) is 26.2 Å². The van der Waals surface area contributed by atoms with E-state index in [0.29, 0.717) is 19.1 Å². The van der Waals surface area contributed by atoms with E-state index in [4.69, 9.17) is 9.84 Å². The molecule has 3 rings (SSSR count). The molecule has 6 heteroatoms. The maximum absolute atomic E-state index is 12.2. The van der Waals surface area contributed by atoms with Gasteiger partial charge >= 0.3 is 5.97 Å². The van der Waals surface area contributed by atoms with Gasteiger partial charge in [-0.2, -0.15) is 0 Å². The van der Waals surface area contributed by atoms with Crippen LogP contribution >= 0.6 is 0 Å². The fourth-order valence-corrected chi connectivity index (χ4v) is 2.90. The molecule has 1 amide bonds. The van der Waals surface area contributed by atoms with Crippen molar-refractivity contribution < 1.29 is 19.4 Å². The Morgan fingerprint density at radius 1 is 1.26 bits per heavy atom.